The van der Waals surface area contributed by atoms with Crippen molar-refractivity contribution in [3.05, 3.63) is 11.6 Å². The molecule has 0 amide bonds. The van der Waals surface area contributed by atoms with Gasteiger partial charge in [0.25, 0.3) is 0 Å². The van der Waals surface area contributed by atoms with Gasteiger partial charge in [0.1, 0.15) is 6.10 Å². The number of hydrogen-bond donors (Lipinski definition) is 1. The van der Waals surface area contributed by atoms with E-state index >= 15 is 0 Å². The van der Waals surface area contributed by atoms with Crippen LogP contribution in [-0.4, -0.2) is 17.0 Å². The normalized spacial score (nSPS) is 51.8. The molecule has 2 heteroatoms. The van der Waals surface area contributed by atoms with Crippen molar-refractivity contribution >= 4 is 5.78 Å². The van der Waals surface area contributed by atoms with Crippen molar-refractivity contribution in [2.45, 2.75) is 99.0 Å². The van der Waals surface area contributed by atoms with Gasteiger partial charge in [-0.1, -0.05) is 66.4 Å². The summed E-state index contributed by atoms with van der Waals surface area (Å²) in [5.74, 6) is 5.12. The zero-order chi connectivity index (χ0) is 21.1. The van der Waals surface area contributed by atoms with E-state index in [0.717, 1.165) is 30.1 Å². The molecule has 0 aromatic heterocycles. The van der Waals surface area contributed by atoms with Gasteiger partial charge in [-0.3, -0.25) is 4.79 Å². The van der Waals surface area contributed by atoms with Crippen LogP contribution >= 0.6 is 0 Å². The fourth-order valence-electron chi connectivity index (χ4n) is 9.49. The van der Waals surface area contributed by atoms with Crippen LogP contribution in [0.4, 0.5) is 0 Å². The largest absolute Gasteiger partial charge is 0.385 e. The molecule has 10 atom stereocenters. The molecule has 0 radical (unpaired) electrons. The second-order valence-corrected chi connectivity index (χ2v) is 11.6. The Morgan fingerprint density at radius 3 is 2.28 bits per heavy atom. The number of aliphatic hydroxyl groups is 1. The maximum atomic E-state index is 12.5. The second-order valence-electron chi connectivity index (χ2n) is 11.6. The van der Waals surface area contributed by atoms with Crippen molar-refractivity contribution in [1.29, 1.82) is 0 Å². The number of aliphatic hydroxyl groups excluding tert-OH is 1. The van der Waals surface area contributed by atoms with E-state index in [1.165, 1.54) is 44.1 Å². The van der Waals surface area contributed by atoms with Crippen LogP contribution in [0.15, 0.2) is 11.6 Å². The van der Waals surface area contributed by atoms with E-state index in [1.807, 2.05) is 6.08 Å². The lowest BCUT2D eigenvalue weighted by Crippen LogP contribution is -2.58. The summed E-state index contributed by atoms with van der Waals surface area (Å²) in [6.07, 6.45) is 10.8. The average Bonchev–Trinajstić information content (AvgIpc) is 3.00. The van der Waals surface area contributed by atoms with Crippen molar-refractivity contribution in [1.82, 2.24) is 0 Å². The zero-order valence-electron chi connectivity index (χ0n) is 19.7. The number of carbonyl (C=O) groups is 1. The summed E-state index contributed by atoms with van der Waals surface area (Å²) < 4.78 is 0. The molecule has 4 rings (SSSR count). The Morgan fingerprint density at radius 1 is 1.00 bits per heavy atom. The molecule has 3 fully saturated rings. The average molecular weight is 401 g/mol. The summed E-state index contributed by atoms with van der Waals surface area (Å²) in [6, 6.07) is 0. The third kappa shape index (κ3) is 2.94. The molecule has 0 aromatic carbocycles. The van der Waals surface area contributed by atoms with Crippen LogP contribution in [0.3, 0.4) is 0 Å². The number of ketones is 1. The van der Waals surface area contributed by atoms with Crippen LogP contribution in [0.2, 0.25) is 0 Å². The van der Waals surface area contributed by atoms with Gasteiger partial charge in [0.15, 0.2) is 5.78 Å². The van der Waals surface area contributed by atoms with Crippen molar-refractivity contribution < 1.29 is 9.90 Å². The number of rotatable bonds is 4. The molecular weight excluding hydrogens is 356 g/mol. The quantitative estimate of drug-likeness (QED) is 0.591. The van der Waals surface area contributed by atoms with Gasteiger partial charge < -0.3 is 5.11 Å². The Hall–Kier alpha value is -0.630. The molecule has 164 valence electrons. The molecule has 4 aliphatic carbocycles. The lowest BCUT2D eigenvalue weighted by molar-refractivity contribution is -0.134. The molecule has 1 N–H and O–H groups in total. The Bertz CT molecular complexity index is 680. The van der Waals surface area contributed by atoms with Gasteiger partial charge in [0.05, 0.1) is 0 Å². The van der Waals surface area contributed by atoms with Crippen LogP contribution < -0.4 is 0 Å². The summed E-state index contributed by atoms with van der Waals surface area (Å²) in [5, 5.41) is 10.6. The van der Waals surface area contributed by atoms with Crippen LogP contribution in [0.25, 0.3) is 0 Å². The van der Waals surface area contributed by atoms with Gasteiger partial charge in [-0.25, -0.2) is 0 Å². The highest BCUT2D eigenvalue weighted by Crippen LogP contribution is 2.71. The number of allylic oxidation sites excluding steroid dienone is 1. The molecular formula is C27H44O2. The summed E-state index contributed by atoms with van der Waals surface area (Å²) >= 11 is 0. The monoisotopic (exact) mass is 400 g/mol. The van der Waals surface area contributed by atoms with Crippen LogP contribution in [0.1, 0.15) is 92.9 Å². The minimum atomic E-state index is -0.790. The molecule has 5 unspecified atom stereocenters. The van der Waals surface area contributed by atoms with Crippen molar-refractivity contribution in [3.63, 3.8) is 0 Å². The van der Waals surface area contributed by atoms with Gasteiger partial charge in [-0.05, 0) is 90.4 Å². The third-order valence-electron chi connectivity index (χ3n) is 10.5. The van der Waals surface area contributed by atoms with Crippen molar-refractivity contribution in [2.75, 3.05) is 0 Å². The Labute approximate surface area is 178 Å². The highest BCUT2D eigenvalue weighted by molar-refractivity contribution is 5.95. The molecule has 29 heavy (non-hydrogen) atoms. The molecule has 2 nitrogen and oxygen atoms in total. The van der Waals surface area contributed by atoms with Gasteiger partial charge >= 0.3 is 0 Å². The summed E-state index contributed by atoms with van der Waals surface area (Å²) in [4.78, 5) is 12.5. The van der Waals surface area contributed by atoms with Gasteiger partial charge in [-0.2, -0.15) is 0 Å². The standard InChI is InChI=1S/C27H44O2/c1-7-16-14-26(5)12-11-20-24(25(26)17(16)8-2)19(10-4)18(9-3)21-13-22(28)23(29)15-27(20,21)6/h13,16-20,23-25,29H,7-12,14-15H2,1-6H3/t16?,17?,18?,19?,20-,23?,24-,25+,26-,27-/m1/s1. The number of carbonyl (C=O) groups excluding carboxylic acids is 1. The first kappa shape index (κ1) is 21.6. The summed E-state index contributed by atoms with van der Waals surface area (Å²) in [6.45, 7) is 14.6. The Kier molecular flexibility index (Phi) is 5.59. The van der Waals surface area contributed by atoms with E-state index in [1.54, 1.807) is 0 Å². The van der Waals surface area contributed by atoms with E-state index in [-0.39, 0.29) is 11.2 Å². The fourth-order valence-corrected chi connectivity index (χ4v) is 9.49. The van der Waals surface area contributed by atoms with E-state index in [2.05, 4.69) is 41.5 Å². The van der Waals surface area contributed by atoms with Crippen LogP contribution in [0.5, 0.6) is 0 Å². The lowest BCUT2D eigenvalue weighted by atomic mass is 9.41. The predicted molar refractivity (Wildman–Crippen MR) is 119 cm³/mol. The second kappa shape index (κ2) is 7.50. The highest BCUT2D eigenvalue weighted by atomic mass is 16.3. The molecule has 0 bridgehead atoms. The highest BCUT2D eigenvalue weighted by Gasteiger charge is 2.64. The molecule has 0 aliphatic heterocycles. The maximum absolute atomic E-state index is 12.5. The predicted octanol–water partition coefficient (Wildman–Crippen LogP) is 6.42. The SMILES string of the molecule is CCC1C[C@@]2(C)CC[C@@H]3[C@@H](C(CC)C(CC)C4=CC(=O)C(O)C[C@@]43C)[C@@H]2C1CC. The minimum absolute atomic E-state index is 0.00820. The Morgan fingerprint density at radius 2 is 1.69 bits per heavy atom. The molecule has 0 heterocycles. The van der Waals surface area contributed by atoms with Gasteiger partial charge in [0.2, 0.25) is 0 Å². The van der Waals surface area contributed by atoms with E-state index in [9.17, 15) is 9.90 Å². The van der Waals surface area contributed by atoms with Crippen molar-refractivity contribution in [2.24, 2.45) is 52.3 Å². The van der Waals surface area contributed by atoms with Crippen LogP contribution in [0, 0.1) is 52.3 Å². The Balaban J connectivity index is 1.85. The van der Waals surface area contributed by atoms with Crippen molar-refractivity contribution in [3.8, 4) is 0 Å². The third-order valence-corrected chi connectivity index (χ3v) is 10.5. The van der Waals surface area contributed by atoms with Gasteiger partial charge in [-0.15, -0.1) is 0 Å². The summed E-state index contributed by atoms with van der Waals surface area (Å²) in [5.41, 5.74) is 1.91. The van der Waals surface area contributed by atoms with E-state index < -0.39 is 6.10 Å². The molecule has 0 aromatic rings. The maximum Gasteiger partial charge on any atom is 0.184 e. The lowest BCUT2D eigenvalue weighted by Gasteiger charge is -2.63. The van der Waals surface area contributed by atoms with Gasteiger partial charge in [0, 0.05) is 0 Å². The molecule has 4 aliphatic rings. The zero-order valence-corrected chi connectivity index (χ0v) is 19.7. The molecule has 0 saturated heterocycles. The molecule has 0 spiro atoms. The van der Waals surface area contributed by atoms with E-state index in [4.69, 9.17) is 0 Å². The topological polar surface area (TPSA) is 37.3 Å². The molecule has 3 saturated carbocycles. The smallest absolute Gasteiger partial charge is 0.184 e. The summed E-state index contributed by atoms with van der Waals surface area (Å²) in [7, 11) is 0. The van der Waals surface area contributed by atoms with E-state index in [0.29, 0.717) is 29.6 Å². The first-order chi connectivity index (χ1) is 13.8. The number of fused-ring (bicyclic) bond motifs is 5. The first-order valence-electron chi connectivity index (χ1n) is 12.7. The first-order valence-corrected chi connectivity index (χ1v) is 12.7. The number of hydrogen-bond acceptors (Lipinski definition) is 2. The fraction of sp³-hybridized carbons (Fsp3) is 0.889. The van der Waals surface area contributed by atoms with Crippen LogP contribution in [-0.2, 0) is 4.79 Å². The minimum Gasteiger partial charge on any atom is -0.385 e.